The fourth-order valence-corrected chi connectivity index (χ4v) is 2.00. The zero-order valence-corrected chi connectivity index (χ0v) is 11.2. The van der Waals surface area contributed by atoms with Gasteiger partial charge in [-0.2, -0.15) is 5.26 Å². The zero-order valence-electron chi connectivity index (χ0n) is 11.2. The molecule has 0 bridgehead atoms. The molecular formula is C17H17NO. The maximum absolute atomic E-state index is 10.3. The number of benzene rings is 2. The standard InChI is InChI=1S/C17H17NO/c1-12(2)14-7-9-16(10-8-14)17(19)15-5-3-13(11-18)4-6-15/h3-10,12,17,19H,1-2H3. The van der Waals surface area contributed by atoms with Crippen molar-refractivity contribution in [2.24, 2.45) is 0 Å². The predicted molar refractivity (Wildman–Crippen MR) is 75.7 cm³/mol. The molecule has 1 N–H and O–H groups in total. The van der Waals surface area contributed by atoms with E-state index in [0.717, 1.165) is 11.1 Å². The van der Waals surface area contributed by atoms with Gasteiger partial charge in [0.15, 0.2) is 0 Å². The van der Waals surface area contributed by atoms with Gasteiger partial charge in [-0.15, -0.1) is 0 Å². The molecule has 0 fully saturated rings. The van der Waals surface area contributed by atoms with Crippen molar-refractivity contribution in [3.63, 3.8) is 0 Å². The Labute approximate surface area is 114 Å². The van der Waals surface area contributed by atoms with E-state index in [1.807, 2.05) is 24.3 Å². The molecule has 2 rings (SSSR count). The second kappa shape index (κ2) is 5.69. The van der Waals surface area contributed by atoms with Crippen LogP contribution in [-0.2, 0) is 0 Å². The third-order valence-electron chi connectivity index (χ3n) is 3.27. The van der Waals surface area contributed by atoms with Crippen molar-refractivity contribution in [2.45, 2.75) is 25.9 Å². The molecule has 0 aromatic heterocycles. The fraction of sp³-hybridized carbons (Fsp3) is 0.235. The van der Waals surface area contributed by atoms with E-state index in [-0.39, 0.29) is 0 Å². The van der Waals surface area contributed by atoms with Gasteiger partial charge in [0.25, 0.3) is 0 Å². The molecule has 2 aromatic carbocycles. The first kappa shape index (κ1) is 13.3. The van der Waals surface area contributed by atoms with Crippen LogP contribution in [0.15, 0.2) is 48.5 Å². The summed E-state index contributed by atoms with van der Waals surface area (Å²) in [5, 5.41) is 19.1. The summed E-state index contributed by atoms with van der Waals surface area (Å²) < 4.78 is 0. The molecule has 0 aliphatic heterocycles. The fourth-order valence-electron chi connectivity index (χ4n) is 2.00. The van der Waals surface area contributed by atoms with Crippen LogP contribution in [0.2, 0.25) is 0 Å². The summed E-state index contributed by atoms with van der Waals surface area (Å²) in [4.78, 5) is 0. The van der Waals surface area contributed by atoms with Gasteiger partial charge in [0.2, 0.25) is 0 Å². The number of rotatable bonds is 3. The molecule has 2 nitrogen and oxygen atoms in total. The van der Waals surface area contributed by atoms with E-state index in [9.17, 15) is 5.11 Å². The molecule has 1 unspecified atom stereocenters. The van der Waals surface area contributed by atoms with Gasteiger partial charge < -0.3 is 5.11 Å². The smallest absolute Gasteiger partial charge is 0.104 e. The number of hydrogen-bond acceptors (Lipinski definition) is 2. The van der Waals surface area contributed by atoms with Crippen LogP contribution in [0.4, 0.5) is 0 Å². The highest BCUT2D eigenvalue weighted by Crippen LogP contribution is 2.24. The molecule has 19 heavy (non-hydrogen) atoms. The summed E-state index contributed by atoms with van der Waals surface area (Å²) in [6.07, 6.45) is -0.644. The highest BCUT2D eigenvalue weighted by Gasteiger charge is 2.10. The number of aliphatic hydroxyl groups excluding tert-OH is 1. The maximum Gasteiger partial charge on any atom is 0.104 e. The van der Waals surface area contributed by atoms with Gasteiger partial charge in [0.05, 0.1) is 11.6 Å². The van der Waals surface area contributed by atoms with Gasteiger partial charge in [-0.1, -0.05) is 50.2 Å². The first-order chi connectivity index (χ1) is 9.11. The zero-order chi connectivity index (χ0) is 13.8. The Kier molecular flexibility index (Phi) is 3.99. The largest absolute Gasteiger partial charge is 0.384 e. The maximum atomic E-state index is 10.3. The van der Waals surface area contributed by atoms with Crippen molar-refractivity contribution in [3.8, 4) is 6.07 Å². The van der Waals surface area contributed by atoms with Crippen molar-refractivity contribution in [3.05, 3.63) is 70.8 Å². The molecule has 1 atom stereocenters. The Morgan fingerprint density at radius 1 is 0.842 bits per heavy atom. The van der Waals surface area contributed by atoms with Crippen LogP contribution in [-0.4, -0.2) is 5.11 Å². The lowest BCUT2D eigenvalue weighted by Gasteiger charge is -2.13. The van der Waals surface area contributed by atoms with Crippen LogP contribution in [0.25, 0.3) is 0 Å². The van der Waals surface area contributed by atoms with Crippen LogP contribution >= 0.6 is 0 Å². The Hall–Kier alpha value is -2.11. The summed E-state index contributed by atoms with van der Waals surface area (Å²) in [7, 11) is 0. The molecule has 0 amide bonds. The molecule has 96 valence electrons. The van der Waals surface area contributed by atoms with Gasteiger partial charge in [-0.3, -0.25) is 0 Å². The molecular weight excluding hydrogens is 234 g/mol. The van der Waals surface area contributed by atoms with E-state index in [2.05, 4.69) is 19.9 Å². The molecule has 2 aromatic rings. The predicted octanol–water partition coefficient (Wildman–Crippen LogP) is 3.76. The minimum Gasteiger partial charge on any atom is -0.384 e. The number of aliphatic hydroxyl groups is 1. The van der Waals surface area contributed by atoms with Crippen LogP contribution in [0, 0.1) is 11.3 Å². The molecule has 0 radical (unpaired) electrons. The SMILES string of the molecule is CC(C)c1ccc(C(O)c2ccc(C#N)cc2)cc1. The van der Waals surface area contributed by atoms with Crippen molar-refractivity contribution >= 4 is 0 Å². The highest BCUT2D eigenvalue weighted by molar-refractivity contribution is 5.37. The average Bonchev–Trinajstić information content (AvgIpc) is 2.46. The van der Waals surface area contributed by atoms with E-state index < -0.39 is 6.10 Å². The van der Waals surface area contributed by atoms with Crippen LogP contribution in [0.3, 0.4) is 0 Å². The minimum absolute atomic E-state index is 0.487. The van der Waals surface area contributed by atoms with Gasteiger partial charge in [0.1, 0.15) is 6.10 Å². The Morgan fingerprint density at radius 2 is 1.26 bits per heavy atom. The van der Waals surface area contributed by atoms with E-state index >= 15 is 0 Å². The van der Waals surface area contributed by atoms with E-state index in [0.29, 0.717) is 11.5 Å². The van der Waals surface area contributed by atoms with Crippen molar-refractivity contribution in [1.29, 1.82) is 5.26 Å². The molecule has 0 aliphatic rings. The highest BCUT2D eigenvalue weighted by atomic mass is 16.3. The van der Waals surface area contributed by atoms with E-state index in [1.54, 1.807) is 24.3 Å². The lowest BCUT2D eigenvalue weighted by molar-refractivity contribution is 0.220. The van der Waals surface area contributed by atoms with Gasteiger partial charge in [-0.05, 0) is 34.7 Å². The number of nitriles is 1. The van der Waals surface area contributed by atoms with Crippen molar-refractivity contribution < 1.29 is 5.11 Å². The average molecular weight is 251 g/mol. The summed E-state index contributed by atoms with van der Waals surface area (Å²) >= 11 is 0. The Balaban J connectivity index is 2.23. The summed E-state index contributed by atoms with van der Waals surface area (Å²) in [6, 6.07) is 17.1. The molecule has 0 aliphatic carbocycles. The number of nitrogens with zero attached hydrogens (tertiary/aromatic N) is 1. The normalized spacial score (nSPS) is 12.2. The van der Waals surface area contributed by atoms with Crippen LogP contribution < -0.4 is 0 Å². The Morgan fingerprint density at radius 3 is 1.68 bits per heavy atom. The third kappa shape index (κ3) is 3.01. The van der Waals surface area contributed by atoms with Gasteiger partial charge >= 0.3 is 0 Å². The second-order valence-corrected chi connectivity index (χ2v) is 4.96. The quantitative estimate of drug-likeness (QED) is 0.902. The van der Waals surface area contributed by atoms with Crippen molar-refractivity contribution in [1.82, 2.24) is 0 Å². The van der Waals surface area contributed by atoms with Crippen molar-refractivity contribution in [2.75, 3.05) is 0 Å². The second-order valence-electron chi connectivity index (χ2n) is 4.96. The van der Waals surface area contributed by atoms with Crippen LogP contribution in [0.1, 0.15) is 48.1 Å². The molecule has 0 heterocycles. The minimum atomic E-state index is -0.644. The summed E-state index contributed by atoms with van der Waals surface area (Å²) in [5.74, 6) is 0.487. The van der Waals surface area contributed by atoms with E-state index in [4.69, 9.17) is 5.26 Å². The molecule has 2 heteroatoms. The van der Waals surface area contributed by atoms with Gasteiger partial charge in [-0.25, -0.2) is 0 Å². The summed E-state index contributed by atoms with van der Waals surface area (Å²) in [5.41, 5.74) is 3.53. The Bertz CT molecular complexity index is 576. The first-order valence-electron chi connectivity index (χ1n) is 6.40. The lowest BCUT2D eigenvalue weighted by Crippen LogP contribution is -2.00. The summed E-state index contributed by atoms with van der Waals surface area (Å²) in [6.45, 7) is 4.29. The topological polar surface area (TPSA) is 44.0 Å². The lowest BCUT2D eigenvalue weighted by atomic mass is 9.97. The van der Waals surface area contributed by atoms with Crippen LogP contribution in [0.5, 0.6) is 0 Å². The first-order valence-corrected chi connectivity index (χ1v) is 6.40. The molecule has 0 spiro atoms. The molecule has 0 saturated carbocycles. The number of hydrogen-bond donors (Lipinski definition) is 1. The molecule has 0 saturated heterocycles. The van der Waals surface area contributed by atoms with Gasteiger partial charge in [0, 0.05) is 0 Å². The monoisotopic (exact) mass is 251 g/mol. The van der Waals surface area contributed by atoms with E-state index in [1.165, 1.54) is 5.56 Å². The third-order valence-corrected chi connectivity index (χ3v) is 3.27.